The largest absolute Gasteiger partial charge is 0.454 e. The van der Waals surface area contributed by atoms with Crippen molar-refractivity contribution in [2.24, 2.45) is 5.92 Å². The van der Waals surface area contributed by atoms with Crippen LogP contribution in [0.1, 0.15) is 26.7 Å². The van der Waals surface area contributed by atoms with Crippen LogP contribution in [0.4, 0.5) is 5.69 Å². The van der Waals surface area contributed by atoms with Gasteiger partial charge >= 0.3 is 0 Å². The lowest BCUT2D eigenvalue weighted by Crippen LogP contribution is -2.58. The van der Waals surface area contributed by atoms with Gasteiger partial charge in [0.1, 0.15) is 6.04 Å². The number of carbonyl (C=O) groups is 3. The summed E-state index contributed by atoms with van der Waals surface area (Å²) >= 11 is 0. The van der Waals surface area contributed by atoms with E-state index in [2.05, 4.69) is 10.6 Å². The van der Waals surface area contributed by atoms with Crippen LogP contribution in [-0.2, 0) is 14.4 Å². The van der Waals surface area contributed by atoms with Crippen molar-refractivity contribution < 1.29 is 23.9 Å². The molecule has 3 rings (SSSR count). The molecule has 140 valence electrons. The van der Waals surface area contributed by atoms with Crippen molar-refractivity contribution in [1.29, 1.82) is 0 Å². The predicted molar refractivity (Wildman–Crippen MR) is 93.8 cm³/mol. The molecule has 1 aromatic rings. The summed E-state index contributed by atoms with van der Waals surface area (Å²) < 4.78 is 10.5. The van der Waals surface area contributed by atoms with Crippen LogP contribution in [-0.4, -0.2) is 48.5 Å². The van der Waals surface area contributed by atoms with Crippen molar-refractivity contribution in [3.63, 3.8) is 0 Å². The van der Waals surface area contributed by atoms with Crippen LogP contribution in [0.5, 0.6) is 11.5 Å². The maximum Gasteiger partial charge on any atom is 0.243 e. The molecule has 1 fully saturated rings. The Morgan fingerprint density at radius 2 is 2.08 bits per heavy atom. The normalized spacial score (nSPS) is 18.7. The molecule has 0 aromatic heterocycles. The molecule has 0 spiro atoms. The maximum absolute atomic E-state index is 12.4. The van der Waals surface area contributed by atoms with Gasteiger partial charge in [0.2, 0.25) is 24.5 Å². The van der Waals surface area contributed by atoms with Gasteiger partial charge in [0.25, 0.3) is 0 Å². The summed E-state index contributed by atoms with van der Waals surface area (Å²) in [5.74, 6) is 0.640. The van der Waals surface area contributed by atoms with E-state index in [0.717, 1.165) is 0 Å². The second kappa shape index (κ2) is 7.63. The summed E-state index contributed by atoms with van der Waals surface area (Å²) in [5.41, 5.74) is 0.551. The van der Waals surface area contributed by atoms with E-state index in [-0.39, 0.29) is 36.9 Å². The smallest absolute Gasteiger partial charge is 0.243 e. The Kier molecular flexibility index (Phi) is 5.29. The second-order valence-electron chi connectivity index (χ2n) is 6.81. The van der Waals surface area contributed by atoms with E-state index in [1.165, 1.54) is 4.90 Å². The number of rotatable bonds is 5. The molecule has 0 unspecified atom stereocenters. The van der Waals surface area contributed by atoms with E-state index < -0.39 is 6.04 Å². The van der Waals surface area contributed by atoms with E-state index in [1.54, 1.807) is 18.2 Å². The molecule has 8 nitrogen and oxygen atoms in total. The van der Waals surface area contributed by atoms with Gasteiger partial charge in [-0.3, -0.25) is 14.4 Å². The summed E-state index contributed by atoms with van der Waals surface area (Å²) in [6.07, 6.45) is 0.262. The molecule has 2 aliphatic heterocycles. The number of hydrogen-bond acceptors (Lipinski definition) is 5. The van der Waals surface area contributed by atoms with E-state index in [9.17, 15) is 14.4 Å². The van der Waals surface area contributed by atoms with Gasteiger partial charge in [0, 0.05) is 31.3 Å². The maximum atomic E-state index is 12.4. The first kappa shape index (κ1) is 18.0. The molecule has 1 saturated heterocycles. The van der Waals surface area contributed by atoms with Gasteiger partial charge in [-0.2, -0.15) is 0 Å². The van der Waals surface area contributed by atoms with Crippen molar-refractivity contribution in [3.8, 4) is 11.5 Å². The van der Waals surface area contributed by atoms with Crippen molar-refractivity contribution in [1.82, 2.24) is 10.2 Å². The molecular formula is C18H23N3O5. The number of nitrogens with zero attached hydrogens (tertiary/aromatic N) is 1. The van der Waals surface area contributed by atoms with Gasteiger partial charge in [-0.05, 0) is 18.1 Å². The molecule has 3 amide bonds. The van der Waals surface area contributed by atoms with Gasteiger partial charge in [0.15, 0.2) is 11.5 Å². The fourth-order valence-corrected chi connectivity index (χ4v) is 3.04. The lowest BCUT2D eigenvalue weighted by molar-refractivity contribution is -0.145. The van der Waals surface area contributed by atoms with Crippen LogP contribution in [0.3, 0.4) is 0 Å². The zero-order valence-corrected chi connectivity index (χ0v) is 14.9. The van der Waals surface area contributed by atoms with Crippen molar-refractivity contribution in [3.05, 3.63) is 18.2 Å². The molecule has 1 aromatic carbocycles. The summed E-state index contributed by atoms with van der Waals surface area (Å²) in [7, 11) is 0. The molecule has 0 saturated carbocycles. The van der Waals surface area contributed by atoms with Gasteiger partial charge in [0.05, 0.1) is 6.42 Å². The molecular weight excluding hydrogens is 338 g/mol. The third-order valence-electron chi connectivity index (χ3n) is 4.27. The standard InChI is InChI=1S/C18H23N3O5/c1-11(2)7-17(23)21-6-5-19-18(24)13(21)9-16(22)20-12-3-4-14-15(8-12)26-10-25-14/h3-4,8,11,13H,5-7,9-10H2,1-2H3,(H,19,24)(H,20,22)/t13-/m1/s1. The number of ether oxygens (including phenoxy) is 2. The Labute approximate surface area is 151 Å². The predicted octanol–water partition coefficient (Wildman–Crippen LogP) is 1.12. The number of nitrogens with one attached hydrogen (secondary N) is 2. The van der Waals surface area contributed by atoms with Crippen molar-refractivity contribution in [2.75, 3.05) is 25.2 Å². The Balaban J connectivity index is 1.65. The fourth-order valence-electron chi connectivity index (χ4n) is 3.04. The summed E-state index contributed by atoms with van der Waals surface area (Å²) in [4.78, 5) is 38.6. The first-order valence-corrected chi connectivity index (χ1v) is 8.70. The molecule has 2 heterocycles. The average Bonchev–Trinajstić information content (AvgIpc) is 3.03. The van der Waals surface area contributed by atoms with Crippen molar-refractivity contribution >= 4 is 23.4 Å². The summed E-state index contributed by atoms with van der Waals surface area (Å²) in [6, 6.07) is 4.30. The Morgan fingerprint density at radius 3 is 2.85 bits per heavy atom. The lowest BCUT2D eigenvalue weighted by Gasteiger charge is -2.35. The number of benzene rings is 1. The number of amides is 3. The molecule has 0 bridgehead atoms. The Morgan fingerprint density at radius 1 is 1.31 bits per heavy atom. The lowest BCUT2D eigenvalue weighted by atomic mass is 10.0. The van der Waals surface area contributed by atoms with Crippen LogP contribution in [0.25, 0.3) is 0 Å². The zero-order valence-electron chi connectivity index (χ0n) is 14.9. The third-order valence-corrected chi connectivity index (χ3v) is 4.27. The fraction of sp³-hybridized carbons (Fsp3) is 0.500. The van der Waals surface area contributed by atoms with E-state index in [0.29, 0.717) is 36.7 Å². The van der Waals surface area contributed by atoms with Crippen LogP contribution in [0.15, 0.2) is 18.2 Å². The molecule has 1 atom stereocenters. The quantitative estimate of drug-likeness (QED) is 0.819. The van der Waals surface area contributed by atoms with Gasteiger partial charge < -0.3 is 25.0 Å². The Hall–Kier alpha value is -2.77. The average molecular weight is 361 g/mol. The second-order valence-corrected chi connectivity index (χ2v) is 6.81. The molecule has 0 aliphatic carbocycles. The minimum Gasteiger partial charge on any atom is -0.454 e. The zero-order chi connectivity index (χ0) is 18.7. The first-order chi connectivity index (χ1) is 12.4. The highest BCUT2D eigenvalue weighted by Crippen LogP contribution is 2.34. The molecule has 2 N–H and O–H groups in total. The minimum atomic E-state index is -0.788. The number of hydrogen-bond donors (Lipinski definition) is 2. The van der Waals surface area contributed by atoms with E-state index in [1.807, 2.05) is 13.8 Å². The molecule has 26 heavy (non-hydrogen) atoms. The van der Waals surface area contributed by atoms with Crippen LogP contribution >= 0.6 is 0 Å². The van der Waals surface area contributed by atoms with E-state index >= 15 is 0 Å². The van der Waals surface area contributed by atoms with Crippen molar-refractivity contribution in [2.45, 2.75) is 32.7 Å². The monoisotopic (exact) mass is 361 g/mol. The topological polar surface area (TPSA) is 97.0 Å². The van der Waals surface area contributed by atoms with Crippen LogP contribution in [0.2, 0.25) is 0 Å². The van der Waals surface area contributed by atoms with Gasteiger partial charge in [-0.25, -0.2) is 0 Å². The highest BCUT2D eigenvalue weighted by atomic mass is 16.7. The highest BCUT2D eigenvalue weighted by molar-refractivity contribution is 5.97. The molecule has 8 heteroatoms. The Bertz CT molecular complexity index is 719. The number of anilines is 1. The van der Waals surface area contributed by atoms with Crippen LogP contribution < -0.4 is 20.1 Å². The number of piperazine rings is 1. The molecule has 0 radical (unpaired) electrons. The number of fused-ring (bicyclic) bond motifs is 1. The summed E-state index contributed by atoms with van der Waals surface area (Å²) in [5, 5.41) is 5.47. The van der Waals surface area contributed by atoms with E-state index in [4.69, 9.17) is 9.47 Å². The third kappa shape index (κ3) is 4.07. The van der Waals surface area contributed by atoms with Gasteiger partial charge in [-0.1, -0.05) is 13.8 Å². The first-order valence-electron chi connectivity index (χ1n) is 8.70. The SMILES string of the molecule is CC(C)CC(=O)N1CCNC(=O)[C@H]1CC(=O)Nc1ccc2c(c1)OCO2. The van der Waals surface area contributed by atoms with Gasteiger partial charge in [-0.15, -0.1) is 0 Å². The number of carbonyl (C=O) groups excluding carboxylic acids is 3. The minimum absolute atomic E-state index is 0.0931. The van der Waals surface area contributed by atoms with Crippen LogP contribution in [0, 0.1) is 5.92 Å². The molecule has 2 aliphatic rings. The highest BCUT2D eigenvalue weighted by Gasteiger charge is 2.34. The summed E-state index contributed by atoms with van der Waals surface area (Å²) in [6.45, 7) is 4.87.